The number of likely N-dealkylation sites (tertiary alicyclic amines) is 1. The van der Waals surface area contributed by atoms with E-state index in [0.29, 0.717) is 18.3 Å². The van der Waals surface area contributed by atoms with Gasteiger partial charge in [-0.3, -0.25) is 5.10 Å². The number of aromatic amines is 1. The van der Waals surface area contributed by atoms with Crippen LogP contribution in [0, 0.1) is 5.82 Å². The van der Waals surface area contributed by atoms with Crippen LogP contribution in [0.15, 0.2) is 60.7 Å². The molecule has 1 N–H and O–H groups in total. The van der Waals surface area contributed by atoms with Gasteiger partial charge >= 0.3 is 0 Å². The van der Waals surface area contributed by atoms with E-state index >= 15 is 0 Å². The number of nitrogens with zero attached hydrogens (tertiary/aromatic N) is 2. The molecule has 3 aromatic rings. The Morgan fingerprint density at radius 1 is 1.07 bits per heavy atom. The number of halogens is 1. The predicted molar refractivity (Wildman–Crippen MR) is 108 cm³/mol. The third kappa shape index (κ3) is 4.98. The Morgan fingerprint density at radius 3 is 2.71 bits per heavy atom. The van der Waals surface area contributed by atoms with E-state index in [1.165, 1.54) is 17.7 Å². The monoisotopic (exact) mass is 379 g/mol. The van der Waals surface area contributed by atoms with E-state index in [-0.39, 0.29) is 5.82 Å². The van der Waals surface area contributed by atoms with Gasteiger partial charge in [0, 0.05) is 31.1 Å². The van der Waals surface area contributed by atoms with Crippen molar-refractivity contribution in [1.82, 2.24) is 15.1 Å². The Hall–Kier alpha value is -2.66. The van der Waals surface area contributed by atoms with Crippen molar-refractivity contribution in [2.45, 2.75) is 25.2 Å². The van der Waals surface area contributed by atoms with Crippen molar-refractivity contribution in [3.63, 3.8) is 0 Å². The molecule has 1 aliphatic rings. The smallest absolute Gasteiger partial charge is 0.123 e. The lowest BCUT2D eigenvalue weighted by Gasteiger charge is -2.15. The maximum Gasteiger partial charge on any atom is 0.123 e. The van der Waals surface area contributed by atoms with Crippen LogP contribution in [0.4, 0.5) is 4.39 Å². The quantitative estimate of drug-likeness (QED) is 0.638. The van der Waals surface area contributed by atoms with Gasteiger partial charge in [0.2, 0.25) is 0 Å². The number of hydrogen-bond donors (Lipinski definition) is 1. The van der Waals surface area contributed by atoms with E-state index < -0.39 is 0 Å². The molecule has 1 saturated heterocycles. The van der Waals surface area contributed by atoms with Crippen molar-refractivity contribution in [2.24, 2.45) is 0 Å². The minimum absolute atomic E-state index is 0.250. The van der Waals surface area contributed by atoms with Crippen LogP contribution in [-0.4, -0.2) is 41.3 Å². The van der Waals surface area contributed by atoms with E-state index in [1.807, 2.05) is 0 Å². The third-order valence-electron chi connectivity index (χ3n) is 5.35. The van der Waals surface area contributed by atoms with Crippen molar-refractivity contribution < 1.29 is 9.13 Å². The summed E-state index contributed by atoms with van der Waals surface area (Å²) in [6, 6.07) is 18.9. The summed E-state index contributed by atoms with van der Waals surface area (Å²) in [5.74, 6) is 0.935. The zero-order chi connectivity index (χ0) is 19.2. The highest BCUT2D eigenvalue weighted by atomic mass is 19.1. The van der Waals surface area contributed by atoms with Crippen LogP contribution in [0.3, 0.4) is 0 Å². The zero-order valence-corrected chi connectivity index (χ0v) is 16.0. The largest absolute Gasteiger partial charge is 0.493 e. The van der Waals surface area contributed by atoms with Gasteiger partial charge in [-0.2, -0.15) is 5.10 Å². The fourth-order valence-corrected chi connectivity index (χ4v) is 3.74. The molecule has 28 heavy (non-hydrogen) atoms. The van der Waals surface area contributed by atoms with Crippen LogP contribution in [0.25, 0.3) is 0 Å². The highest BCUT2D eigenvalue weighted by molar-refractivity contribution is 5.22. The molecule has 0 unspecified atom stereocenters. The molecule has 0 aliphatic carbocycles. The van der Waals surface area contributed by atoms with E-state index in [0.717, 1.165) is 50.3 Å². The minimum atomic E-state index is -0.250. The van der Waals surface area contributed by atoms with Gasteiger partial charge in [0.1, 0.15) is 11.6 Å². The third-order valence-corrected chi connectivity index (χ3v) is 5.35. The summed E-state index contributed by atoms with van der Waals surface area (Å²) in [6.45, 7) is 3.85. The first-order chi connectivity index (χ1) is 13.8. The molecule has 0 radical (unpaired) electrons. The van der Waals surface area contributed by atoms with Gasteiger partial charge in [-0.1, -0.05) is 30.3 Å². The van der Waals surface area contributed by atoms with Gasteiger partial charge in [-0.25, -0.2) is 4.39 Å². The Bertz CT molecular complexity index is 863. The minimum Gasteiger partial charge on any atom is -0.493 e. The Morgan fingerprint density at radius 2 is 1.89 bits per heavy atom. The first kappa shape index (κ1) is 18.7. The van der Waals surface area contributed by atoms with E-state index in [1.54, 1.807) is 12.1 Å². The van der Waals surface area contributed by atoms with Crippen LogP contribution in [0.1, 0.15) is 29.3 Å². The van der Waals surface area contributed by atoms with Crippen LogP contribution in [0.5, 0.6) is 5.75 Å². The van der Waals surface area contributed by atoms with Crippen LogP contribution < -0.4 is 4.74 Å². The fourth-order valence-electron chi connectivity index (χ4n) is 3.74. The average Bonchev–Trinajstić information content (AvgIpc) is 3.38. The Kier molecular flexibility index (Phi) is 6.02. The molecule has 0 spiro atoms. The Balaban J connectivity index is 1.22. The standard InChI is InChI=1S/C23H26FN3O/c24-20-6-8-22(9-7-20)28-15-12-21-16-23(26-25-21)19-11-14-27(17-19)13-10-18-4-2-1-3-5-18/h1-9,16,19H,10-15,17H2,(H,25,26)/t19-/m0/s1. The van der Waals surface area contributed by atoms with E-state index in [2.05, 4.69) is 51.5 Å². The lowest BCUT2D eigenvalue weighted by molar-refractivity contribution is 0.320. The summed E-state index contributed by atoms with van der Waals surface area (Å²) >= 11 is 0. The molecular weight excluding hydrogens is 353 g/mol. The van der Waals surface area contributed by atoms with Crippen molar-refractivity contribution in [3.05, 3.63) is 83.4 Å². The summed E-state index contributed by atoms with van der Waals surface area (Å²) in [7, 11) is 0. The number of rotatable bonds is 8. The second-order valence-electron chi connectivity index (χ2n) is 7.39. The summed E-state index contributed by atoms with van der Waals surface area (Å²) < 4.78 is 18.6. The summed E-state index contributed by atoms with van der Waals surface area (Å²) in [5.41, 5.74) is 3.63. The number of aromatic nitrogens is 2. The normalized spacial score (nSPS) is 17.1. The number of H-pyrrole nitrogens is 1. The first-order valence-corrected chi connectivity index (χ1v) is 9.95. The van der Waals surface area contributed by atoms with Gasteiger partial charge in [-0.05, 0) is 55.3 Å². The second kappa shape index (κ2) is 9.02. The molecule has 5 heteroatoms. The molecule has 4 nitrogen and oxygen atoms in total. The van der Waals surface area contributed by atoms with Crippen LogP contribution in [-0.2, 0) is 12.8 Å². The number of ether oxygens (including phenoxy) is 1. The van der Waals surface area contributed by atoms with Crippen molar-refractivity contribution in [2.75, 3.05) is 26.2 Å². The van der Waals surface area contributed by atoms with Crippen LogP contribution in [0.2, 0.25) is 0 Å². The fraction of sp³-hybridized carbons (Fsp3) is 0.348. The molecule has 0 amide bonds. The number of nitrogens with one attached hydrogen (secondary N) is 1. The number of benzene rings is 2. The molecule has 2 aromatic carbocycles. The molecule has 0 saturated carbocycles. The molecule has 1 aromatic heterocycles. The highest BCUT2D eigenvalue weighted by Crippen LogP contribution is 2.26. The molecule has 2 heterocycles. The summed E-state index contributed by atoms with van der Waals surface area (Å²) in [4.78, 5) is 2.53. The molecule has 1 aliphatic heterocycles. The summed E-state index contributed by atoms with van der Waals surface area (Å²) in [6.07, 6.45) is 3.01. The lowest BCUT2D eigenvalue weighted by atomic mass is 10.0. The van der Waals surface area contributed by atoms with Crippen molar-refractivity contribution >= 4 is 0 Å². The lowest BCUT2D eigenvalue weighted by Crippen LogP contribution is -2.23. The second-order valence-corrected chi connectivity index (χ2v) is 7.39. The number of hydrogen-bond acceptors (Lipinski definition) is 3. The maximum atomic E-state index is 12.9. The molecule has 1 atom stereocenters. The van der Waals surface area contributed by atoms with E-state index in [4.69, 9.17) is 4.74 Å². The van der Waals surface area contributed by atoms with Gasteiger partial charge in [0.15, 0.2) is 0 Å². The van der Waals surface area contributed by atoms with Crippen molar-refractivity contribution in [1.29, 1.82) is 0 Å². The van der Waals surface area contributed by atoms with Crippen LogP contribution >= 0.6 is 0 Å². The van der Waals surface area contributed by atoms with Gasteiger partial charge in [0.25, 0.3) is 0 Å². The SMILES string of the molecule is Fc1ccc(OCCc2cc([C@H]3CCN(CCc4ccccc4)C3)n[nH]2)cc1. The molecular formula is C23H26FN3O. The first-order valence-electron chi connectivity index (χ1n) is 9.95. The molecule has 4 rings (SSSR count). The predicted octanol–water partition coefficient (Wildman–Crippen LogP) is 4.20. The topological polar surface area (TPSA) is 41.1 Å². The highest BCUT2D eigenvalue weighted by Gasteiger charge is 2.25. The maximum absolute atomic E-state index is 12.9. The van der Waals surface area contributed by atoms with Gasteiger partial charge < -0.3 is 9.64 Å². The zero-order valence-electron chi connectivity index (χ0n) is 16.0. The molecule has 0 bridgehead atoms. The summed E-state index contributed by atoms with van der Waals surface area (Å²) in [5, 5.41) is 7.67. The molecule has 1 fully saturated rings. The molecule has 146 valence electrons. The Labute approximate surface area is 165 Å². The van der Waals surface area contributed by atoms with E-state index in [9.17, 15) is 4.39 Å². The van der Waals surface area contributed by atoms with Gasteiger partial charge in [-0.15, -0.1) is 0 Å². The van der Waals surface area contributed by atoms with Crippen molar-refractivity contribution in [3.8, 4) is 5.75 Å². The van der Waals surface area contributed by atoms with Gasteiger partial charge in [0.05, 0.1) is 12.3 Å². The average molecular weight is 379 g/mol.